The summed E-state index contributed by atoms with van der Waals surface area (Å²) >= 11 is 1.31. The van der Waals surface area contributed by atoms with Gasteiger partial charge in [0.05, 0.1) is 16.5 Å². The summed E-state index contributed by atoms with van der Waals surface area (Å²) < 4.78 is 0.934. The summed E-state index contributed by atoms with van der Waals surface area (Å²) in [6, 6.07) is 7.45. The molecule has 2 aromatic heterocycles. The number of carbonyl (C=O) groups excluding carboxylic acids is 1. The lowest BCUT2D eigenvalue weighted by atomic mass is 10.3. The molecule has 100 valence electrons. The van der Waals surface area contributed by atoms with Crippen LogP contribution in [0.4, 0.5) is 5.13 Å². The van der Waals surface area contributed by atoms with Crippen molar-refractivity contribution in [2.24, 2.45) is 0 Å². The highest BCUT2D eigenvalue weighted by molar-refractivity contribution is 7.22. The van der Waals surface area contributed by atoms with E-state index in [0.717, 1.165) is 16.5 Å². The number of amides is 1. The van der Waals surface area contributed by atoms with E-state index in [0.29, 0.717) is 5.13 Å². The van der Waals surface area contributed by atoms with Crippen molar-refractivity contribution in [3.63, 3.8) is 0 Å². The number of nitrogens with zero attached hydrogens (tertiary/aromatic N) is 2. The fourth-order valence-corrected chi connectivity index (χ4v) is 2.57. The maximum Gasteiger partial charge on any atom is 0.354 e. The van der Waals surface area contributed by atoms with Crippen molar-refractivity contribution in [2.75, 3.05) is 5.32 Å². The summed E-state index contributed by atoms with van der Waals surface area (Å²) in [6.07, 6.45) is 1.16. The van der Waals surface area contributed by atoms with Gasteiger partial charge in [-0.25, -0.2) is 14.8 Å². The molecule has 3 N–H and O–H groups in total. The van der Waals surface area contributed by atoms with Crippen molar-refractivity contribution in [3.05, 3.63) is 42.0 Å². The van der Waals surface area contributed by atoms with Crippen LogP contribution in [0.2, 0.25) is 0 Å². The van der Waals surface area contributed by atoms with Crippen molar-refractivity contribution in [2.45, 2.75) is 0 Å². The van der Waals surface area contributed by atoms with E-state index in [1.807, 2.05) is 24.3 Å². The Morgan fingerprint density at radius 2 is 2.10 bits per heavy atom. The minimum absolute atomic E-state index is 0.170. The van der Waals surface area contributed by atoms with Crippen LogP contribution in [-0.2, 0) is 0 Å². The number of rotatable bonds is 3. The highest BCUT2D eigenvalue weighted by Crippen LogP contribution is 2.25. The number of imidazole rings is 1. The molecule has 3 aromatic rings. The van der Waals surface area contributed by atoms with Crippen LogP contribution in [0.1, 0.15) is 21.0 Å². The molecule has 20 heavy (non-hydrogen) atoms. The molecule has 0 aliphatic carbocycles. The Hall–Kier alpha value is -2.74. The van der Waals surface area contributed by atoms with Gasteiger partial charge in [0.1, 0.15) is 0 Å². The second-order valence-electron chi connectivity index (χ2n) is 3.87. The summed E-state index contributed by atoms with van der Waals surface area (Å²) in [5, 5.41) is 11.9. The number of carboxylic acid groups (broad SMARTS) is 1. The molecule has 0 fully saturated rings. The topological polar surface area (TPSA) is 108 Å². The predicted octanol–water partition coefficient (Wildman–Crippen LogP) is 1.97. The minimum Gasteiger partial charge on any atom is -0.477 e. The largest absolute Gasteiger partial charge is 0.477 e. The van der Waals surface area contributed by atoms with Gasteiger partial charge in [-0.2, -0.15) is 0 Å². The van der Waals surface area contributed by atoms with Crippen molar-refractivity contribution in [1.82, 2.24) is 15.0 Å². The standard InChI is InChI=1S/C12H8N4O3S/c17-10(8-9(11(18)19)14-5-13-8)16-12-15-6-3-1-2-4-7(6)20-12/h1-5H,(H,13,14)(H,18,19)(H,15,16,17). The van der Waals surface area contributed by atoms with Crippen LogP contribution in [0.15, 0.2) is 30.6 Å². The van der Waals surface area contributed by atoms with E-state index in [9.17, 15) is 9.59 Å². The van der Waals surface area contributed by atoms with Gasteiger partial charge in [-0.1, -0.05) is 23.5 Å². The smallest absolute Gasteiger partial charge is 0.354 e. The van der Waals surface area contributed by atoms with Gasteiger partial charge in [-0.15, -0.1) is 0 Å². The second kappa shape index (κ2) is 4.74. The predicted molar refractivity (Wildman–Crippen MR) is 73.1 cm³/mol. The lowest BCUT2D eigenvalue weighted by Crippen LogP contribution is -2.16. The normalized spacial score (nSPS) is 10.6. The van der Waals surface area contributed by atoms with Crippen LogP contribution in [0.25, 0.3) is 10.2 Å². The van der Waals surface area contributed by atoms with E-state index in [1.54, 1.807) is 0 Å². The number of H-pyrrole nitrogens is 1. The SMILES string of the molecule is O=C(Nc1nc2ccccc2s1)c1nc[nH]c1C(=O)O. The van der Waals surface area contributed by atoms with Crippen LogP contribution >= 0.6 is 11.3 Å². The minimum atomic E-state index is -1.24. The molecule has 0 bridgehead atoms. The average Bonchev–Trinajstić information content (AvgIpc) is 3.04. The number of fused-ring (bicyclic) bond motifs is 1. The van der Waals surface area contributed by atoms with Crippen molar-refractivity contribution in [1.29, 1.82) is 0 Å². The first kappa shape index (κ1) is 12.3. The molecule has 1 amide bonds. The van der Waals surface area contributed by atoms with Crippen molar-refractivity contribution < 1.29 is 14.7 Å². The summed E-state index contributed by atoms with van der Waals surface area (Å²) in [5.41, 5.74) is 0.355. The van der Waals surface area contributed by atoms with Gasteiger partial charge >= 0.3 is 5.97 Å². The molecule has 0 saturated heterocycles. The third-order valence-corrected chi connectivity index (χ3v) is 3.53. The Morgan fingerprint density at radius 1 is 1.30 bits per heavy atom. The van der Waals surface area contributed by atoms with E-state index in [4.69, 9.17) is 5.11 Å². The third kappa shape index (κ3) is 2.12. The van der Waals surface area contributed by atoms with E-state index in [2.05, 4.69) is 20.3 Å². The van der Waals surface area contributed by atoms with Gasteiger partial charge in [0.15, 0.2) is 16.5 Å². The fourth-order valence-electron chi connectivity index (χ4n) is 1.71. The average molecular weight is 288 g/mol. The van der Waals surface area contributed by atoms with E-state index in [-0.39, 0.29) is 11.4 Å². The fraction of sp³-hybridized carbons (Fsp3) is 0. The summed E-state index contributed by atoms with van der Waals surface area (Å²) in [5.74, 6) is -1.85. The monoisotopic (exact) mass is 288 g/mol. The molecule has 0 atom stereocenters. The number of carbonyl (C=O) groups is 2. The van der Waals surface area contributed by atoms with E-state index < -0.39 is 11.9 Å². The maximum absolute atomic E-state index is 12.0. The number of para-hydroxylation sites is 1. The molecule has 1 aromatic carbocycles. The Labute approximate surface area is 116 Å². The summed E-state index contributed by atoms with van der Waals surface area (Å²) in [6.45, 7) is 0. The Kier molecular flexibility index (Phi) is 2.92. The number of aromatic carboxylic acids is 1. The zero-order valence-electron chi connectivity index (χ0n) is 9.95. The zero-order chi connectivity index (χ0) is 14.1. The Morgan fingerprint density at radius 3 is 2.85 bits per heavy atom. The molecule has 0 saturated carbocycles. The van der Waals surface area contributed by atoms with E-state index >= 15 is 0 Å². The van der Waals surface area contributed by atoms with Gasteiger partial charge in [0, 0.05) is 0 Å². The number of benzene rings is 1. The Bertz CT molecular complexity index is 775. The molecule has 0 aliphatic heterocycles. The van der Waals surface area contributed by atoms with Crippen LogP contribution in [-0.4, -0.2) is 31.9 Å². The first-order valence-electron chi connectivity index (χ1n) is 5.59. The molecular formula is C12H8N4O3S. The number of hydrogen-bond acceptors (Lipinski definition) is 5. The highest BCUT2D eigenvalue weighted by Gasteiger charge is 2.20. The van der Waals surface area contributed by atoms with Gasteiger partial charge < -0.3 is 10.1 Å². The number of carboxylic acids is 1. The molecule has 7 nitrogen and oxygen atoms in total. The number of anilines is 1. The van der Waals surface area contributed by atoms with Gasteiger partial charge in [0.2, 0.25) is 0 Å². The first-order valence-corrected chi connectivity index (χ1v) is 6.40. The number of hydrogen-bond donors (Lipinski definition) is 3. The molecule has 8 heteroatoms. The van der Waals surface area contributed by atoms with E-state index in [1.165, 1.54) is 11.3 Å². The quantitative estimate of drug-likeness (QED) is 0.683. The maximum atomic E-state index is 12.0. The first-order chi connectivity index (χ1) is 9.65. The summed E-state index contributed by atoms with van der Waals surface area (Å²) in [4.78, 5) is 33.3. The number of aromatic nitrogens is 3. The lowest BCUT2D eigenvalue weighted by molar-refractivity contribution is 0.0686. The number of thiazole rings is 1. The zero-order valence-corrected chi connectivity index (χ0v) is 10.8. The summed E-state index contributed by atoms with van der Waals surface area (Å²) in [7, 11) is 0. The lowest BCUT2D eigenvalue weighted by Gasteiger charge is -1.98. The third-order valence-electron chi connectivity index (χ3n) is 2.58. The highest BCUT2D eigenvalue weighted by atomic mass is 32.1. The molecule has 2 heterocycles. The molecule has 0 radical (unpaired) electrons. The van der Waals surface area contributed by atoms with Crippen LogP contribution < -0.4 is 5.32 Å². The molecule has 0 spiro atoms. The number of aromatic amines is 1. The second-order valence-corrected chi connectivity index (χ2v) is 4.90. The van der Waals surface area contributed by atoms with Crippen LogP contribution in [0.3, 0.4) is 0 Å². The van der Waals surface area contributed by atoms with Gasteiger partial charge in [0.25, 0.3) is 5.91 Å². The van der Waals surface area contributed by atoms with Crippen molar-refractivity contribution >= 4 is 38.6 Å². The van der Waals surface area contributed by atoms with Crippen LogP contribution in [0, 0.1) is 0 Å². The molecule has 0 unspecified atom stereocenters. The molecular weight excluding hydrogens is 280 g/mol. The Balaban J connectivity index is 1.88. The van der Waals surface area contributed by atoms with Crippen molar-refractivity contribution in [3.8, 4) is 0 Å². The van der Waals surface area contributed by atoms with Gasteiger partial charge in [-0.3, -0.25) is 10.1 Å². The van der Waals surface area contributed by atoms with Crippen LogP contribution in [0.5, 0.6) is 0 Å². The van der Waals surface area contributed by atoms with Gasteiger partial charge in [-0.05, 0) is 12.1 Å². The molecule has 3 rings (SSSR count). The molecule has 0 aliphatic rings. The number of nitrogens with one attached hydrogen (secondary N) is 2.